The predicted molar refractivity (Wildman–Crippen MR) is 84.7 cm³/mol. The number of ether oxygens (including phenoxy) is 1. The fourth-order valence-corrected chi connectivity index (χ4v) is 2.28. The quantitative estimate of drug-likeness (QED) is 0.530. The Hall–Kier alpha value is -2.64. The van der Waals surface area contributed by atoms with Crippen molar-refractivity contribution in [3.8, 4) is 11.6 Å². The van der Waals surface area contributed by atoms with Gasteiger partial charge in [0.15, 0.2) is 0 Å². The molecule has 0 aliphatic carbocycles. The van der Waals surface area contributed by atoms with Crippen LogP contribution in [0, 0.1) is 10.1 Å². The van der Waals surface area contributed by atoms with E-state index in [9.17, 15) is 14.9 Å². The molecule has 7 nitrogen and oxygen atoms in total. The van der Waals surface area contributed by atoms with Gasteiger partial charge in [-0.3, -0.25) is 19.3 Å². The van der Waals surface area contributed by atoms with Gasteiger partial charge in [-0.1, -0.05) is 35.3 Å². The lowest BCUT2D eigenvalue weighted by atomic mass is 10.3. The number of rotatable bonds is 3. The third kappa shape index (κ3) is 2.71. The summed E-state index contributed by atoms with van der Waals surface area (Å²) >= 11 is 11.9. The van der Waals surface area contributed by atoms with E-state index in [1.807, 2.05) is 0 Å². The lowest BCUT2D eigenvalue weighted by Gasteiger charge is -2.08. The highest BCUT2D eigenvalue weighted by molar-refractivity contribution is 6.42. The van der Waals surface area contributed by atoms with E-state index in [0.717, 1.165) is 4.40 Å². The van der Waals surface area contributed by atoms with Gasteiger partial charge in [-0.15, -0.1) is 0 Å². The number of nitrogens with zero attached hydrogens (tertiary/aromatic N) is 3. The van der Waals surface area contributed by atoms with Crippen molar-refractivity contribution < 1.29 is 9.66 Å². The molecule has 9 heteroatoms. The maximum atomic E-state index is 12.3. The molecule has 0 fully saturated rings. The summed E-state index contributed by atoms with van der Waals surface area (Å²) in [5.41, 5.74) is -1.44. The summed E-state index contributed by atoms with van der Waals surface area (Å²) in [6, 6.07) is 9.29. The molecular formula is C14H7Cl2N3O4. The summed E-state index contributed by atoms with van der Waals surface area (Å²) in [4.78, 5) is 26.7. The molecule has 23 heavy (non-hydrogen) atoms. The Balaban J connectivity index is 2.24. The molecule has 0 saturated carbocycles. The largest absolute Gasteiger partial charge is 0.432 e. The second kappa shape index (κ2) is 5.86. The van der Waals surface area contributed by atoms with Gasteiger partial charge in [0.05, 0.1) is 9.95 Å². The van der Waals surface area contributed by atoms with Crippen molar-refractivity contribution >= 4 is 34.5 Å². The van der Waals surface area contributed by atoms with Crippen LogP contribution in [0.5, 0.6) is 11.6 Å². The second-order valence-corrected chi connectivity index (χ2v) is 5.20. The molecule has 3 rings (SSSR count). The van der Waals surface area contributed by atoms with E-state index in [1.165, 1.54) is 24.4 Å². The molecule has 0 atom stereocenters. The molecule has 2 heterocycles. The van der Waals surface area contributed by atoms with E-state index in [0.29, 0.717) is 0 Å². The minimum atomic E-state index is -0.853. The Morgan fingerprint density at radius 3 is 2.70 bits per heavy atom. The molecule has 0 bridgehead atoms. The van der Waals surface area contributed by atoms with Gasteiger partial charge in [-0.25, -0.2) is 0 Å². The zero-order valence-electron chi connectivity index (χ0n) is 11.3. The van der Waals surface area contributed by atoms with Crippen molar-refractivity contribution in [1.82, 2.24) is 9.38 Å². The van der Waals surface area contributed by atoms with Crippen LogP contribution in [0.15, 0.2) is 47.4 Å². The lowest BCUT2D eigenvalue weighted by molar-refractivity contribution is -0.387. The molecule has 3 aromatic rings. The lowest BCUT2D eigenvalue weighted by Crippen LogP contribution is -2.19. The number of pyridine rings is 1. The van der Waals surface area contributed by atoms with Crippen LogP contribution in [-0.4, -0.2) is 14.3 Å². The number of fused-ring (bicyclic) bond motifs is 1. The van der Waals surface area contributed by atoms with E-state index < -0.39 is 22.0 Å². The normalized spacial score (nSPS) is 10.7. The molecule has 0 unspecified atom stereocenters. The summed E-state index contributed by atoms with van der Waals surface area (Å²) in [5.74, 6) is -0.384. The van der Waals surface area contributed by atoms with Gasteiger partial charge in [-0.2, -0.15) is 4.98 Å². The van der Waals surface area contributed by atoms with Gasteiger partial charge in [0.1, 0.15) is 16.4 Å². The number of nitro groups is 1. The standard InChI is InChI=1S/C14H7Cl2N3O4/c15-8-4-3-5-9(11(8)16)23-13-12(19(21)22)14(20)18-7-2-1-6-10(18)17-13/h1-7H. The zero-order chi connectivity index (χ0) is 16.6. The van der Waals surface area contributed by atoms with Crippen molar-refractivity contribution in [1.29, 1.82) is 0 Å². The van der Waals surface area contributed by atoms with E-state index in [4.69, 9.17) is 27.9 Å². The van der Waals surface area contributed by atoms with E-state index >= 15 is 0 Å². The smallest absolute Gasteiger partial charge is 0.396 e. The molecule has 0 saturated heterocycles. The third-order valence-electron chi connectivity index (χ3n) is 2.98. The average Bonchev–Trinajstić information content (AvgIpc) is 2.51. The van der Waals surface area contributed by atoms with Crippen molar-refractivity contribution in [3.63, 3.8) is 0 Å². The predicted octanol–water partition coefficient (Wildman–Crippen LogP) is 3.70. The monoisotopic (exact) mass is 351 g/mol. The molecule has 0 radical (unpaired) electrons. The highest BCUT2D eigenvalue weighted by Crippen LogP contribution is 2.36. The number of hydrogen-bond acceptors (Lipinski definition) is 5. The minimum absolute atomic E-state index is 0.0643. The van der Waals surface area contributed by atoms with Crippen LogP contribution >= 0.6 is 23.2 Å². The first-order chi connectivity index (χ1) is 11.0. The molecule has 1 aromatic carbocycles. The van der Waals surface area contributed by atoms with Gasteiger partial charge in [0, 0.05) is 6.20 Å². The van der Waals surface area contributed by atoms with Crippen LogP contribution in [0.25, 0.3) is 5.65 Å². The SMILES string of the molecule is O=c1c([N+](=O)[O-])c(Oc2cccc(Cl)c2Cl)nc2ccccn12. The Labute approximate surface area is 138 Å². The van der Waals surface area contributed by atoms with Crippen molar-refractivity contribution in [3.05, 3.63) is 73.1 Å². The zero-order valence-corrected chi connectivity index (χ0v) is 12.8. The maximum absolute atomic E-state index is 12.3. The van der Waals surface area contributed by atoms with Gasteiger partial charge in [-0.05, 0) is 24.3 Å². The molecule has 0 aliphatic heterocycles. The molecule has 0 spiro atoms. The van der Waals surface area contributed by atoms with Gasteiger partial charge >= 0.3 is 17.1 Å². The van der Waals surface area contributed by atoms with Gasteiger partial charge in [0.25, 0.3) is 0 Å². The number of benzene rings is 1. The second-order valence-electron chi connectivity index (χ2n) is 4.41. The molecule has 2 aromatic heterocycles. The van der Waals surface area contributed by atoms with Crippen molar-refractivity contribution in [2.24, 2.45) is 0 Å². The Morgan fingerprint density at radius 2 is 1.96 bits per heavy atom. The fraction of sp³-hybridized carbons (Fsp3) is 0. The minimum Gasteiger partial charge on any atom is -0.432 e. The Bertz CT molecular complexity index is 987. The Morgan fingerprint density at radius 1 is 1.17 bits per heavy atom. The summed E-state index contributed by atoms with van der Waals surface area (Å²) in [5, 5.41) is 11.5. The first-order valence-electron chi connectivity index (χ1n) is 6.26. The fourth-order valence-electron chi connectivity index (χ4n) is 1.95. The molecular weight excluding hydrogens is 345 g/mol. The van der Waals surface area contributed by atoms with Crippen LogP contribution in [0.1, 0.15) is 0 Å². The summed E-state index contributed by atoms with van der Waals surface area (Å²) in [6.45, 7) is 0. The topological polar surface area (TPSA) is 86.7 Å². The molecule has 116 valence electrons. The van der Waals surface area contributed by atoms with Gasteiger partial charge < -0.3 is 4.74 Å². The highest BCUT2D eigenvalue weighted by Gasteiger charge is 2.26. The maximum Gasteiger partial charge on any atom is 0.396 e. The molecule has 0 amide bonds. The van der Waals surface area contributed by atoms with Crippen LogP contribution in [-0.2, 0) is 0 Å². The average molecular weight is 352 g/mol. The number of halogens is 2. The van der Waals surface area contributed by atoms with Crippen LogP contribution in [0.3, 0.4) is 0 Å². The molecule has 0 N–H and O–H groups in total. The van der Waals surface area contributed by atoms with Crippen LogP contribution < -0.4 is 10.3 Å². The van der Waals surface area contributed by atoms with E-state index in [1.54, 1.807) is 18.2 Å². The summed E-state index contributed by atoms with van der Waals surface area (Å²) in [6.07, 6.45) is 1.38. The van der Waals surface area contributed by atoms with Gasteiger partial charge in [0.2, 0.25) is 0 Å². The number of hydrogen-bond donors (Lipinski definition) is 0. The first-order valence-corrected chi connectivity index (χ1v) is 7.02. The summed E-state index contributed by atoms with van der Waals surface area (Å²) < 4.78 is 6.45. The van der Waals surface area contributed by atoms with Crippen molar-refractivity contribution in [2.45, 2.75) is 0 Å². The van der Waals surface area contributed by atoms with Crippen LogP contribution in [0.2, 0.25) is 10.0 Å². The van der Waals surface area contributed by atoms with E-state index in [2.05, 4.69) is 4.98 Å². The van der Waals surface area contributed by atoms with Crippen molar-refractivity contribution in [2.75, 3.05) is 0 Å². The van der Waals surface area contributed by atoms with Crippen LogP contribution in [0.4, 0.5) is 5.69 Å². The Kier molecular flexibility index (Phi) is 3.89. The highest BCUT2D eigenvalue weighted by atomic mass is 35.5. The molecule has 0 aliphatic rings. The number of aromatic nitrogens is 2. The third-order valence-corrected chi connectivity index (χ3v) is 3.79. The van der Waals surface area contributed by atoms with E-state index in [-0.39, 0.29) is 21.4 Å². The summed E-state index contributed by atoms with van der Waals surface area (Å²) in [7, 11) is 0. The first kappa shape index (κ1) is 15.3.